The molecule has 2 heterocycles. The normalized spacial score (nSPS) is 18.0. The molecule has 1 N–H and O–H groups in total. The topological polar surface area (TPSA) is 67.9 Å². The summed E-state index contributed by atoms with van der Waals surface area (Å²) in [6, 6.07) is 19.0. The van der Waals surface area contributed by atoms with Gasteiger partial charge in [-0.2, -0.15) is 0 Å². The monoisotopic (exact) mass is 502 g/mol. The Bertz CT molecular complexity index is 1570. The lowest BCUT2D eigenvalue weighted by Gasteiger charge is -2.41. The van der Waals surface area contributed by atoms with E-state index in [1.807, 2.05) is 18.2 Å². The molecule has 4 aromatic carbocycles. The van der Waals surface area contributed by atoms with Crippen LogP contribution in [0.4, 0.5) is 5.69 Å². The number of nitrogens with zero attached hydrogens (tertiary/aromatic N) is 1. The van der Waals surface area contributed by atoms with Crippen molar-refractivity contribution < 1.29 is 17.9 Å². The van der Waals surface area contributed by atoms with Crippen molar-refractivity contribution in [1.82, 2.24) is 4.90 Å². The zero-order chi connectivity index (χ0) is 24.9. The highest BCUT2D eigenvalue weighted by Gasteiger charge is 2.31. The second kappa shape index (κ2) is 8.98. The van der Waals surface area contributed by atoms with Gasteiger partial charge >= 0.3 is 0 Å². The molecule has 2 aliphatic heterocycles. The Morgan fingerprint density at radius 1 is 0.833 bits per heavy atom. The van der Waals surface area contributed by atoms with Gasteiger partial charge in [-0.05, 0) is 94.9 Å². The molecule has 36 heavy (non-hydrogen) atoms. The summed E-state index contributed by atoms with van der Waals surface area (Å²) in [7, 11) is -0.389. The molecule has 0 unspecified atom stereocenters. The lowest BCUT2D eigenvalue weighted by molar-refractivity contribution is 0.128. The van der Waals surface area contributed by atoms with E-state index in [4.69, 9.17) is 9.47 Å². The van der Waals surface area contributed by atoms with Crippen LogP contribution in [0.2, 0.25) is 0 Å². The maximum Gasteiger partial charge on any atom is 0.261 e. The number of fused-ring (bicyclic) bond motifs is 7. The molecular weight excluding hydrogens is 472 g/mol. The van der Waals surface area contributed by atoms with Crippen molar-refractivity contribution in [3.05, 3.63) is 71.8 Å². The number of rotatable bonds is 5. The largest absolute Gasteiger partial charge is 0.493 e. The van der Waals surface area contributed by atoms with Crippen LogP contribution >= 0.6 is 0 Å². The van der Waals surface area contributed by atoms with E-state index >= 15 is 0 Å². The number of benzene rings is 4. The van der Waals surface area contributed by atoms with E-state index in [1.165, 1.54) is 30.4 Å². The van der Waals surface area contributed by atoms with Crippen molar-refractivity contribution in [3.8, 4) is 11.5 Å². The van der Waals surface area contributed by atoms with Crippen molar-refractivity contribution in [2.75, 3.05) is 25.5 Å². The Hall–Kier alpha value is -3.29. The van der Waals surface area contributed by atoms with Gasteiger partial charge in [-0.25, -0.2) is 8.42 Å². The van der Waals surface area contributed by atoms with Crippen LogP contribution < -0.4 is 14.2 Å². The molecule has 0 amide bonds. The summed E-state index contributed by atoms with van der Waals surface area (Å²) in [6.45, 7) is 2.04. The summed E-state index contributed by atoms with van der Waals surface area (Å²) < 4.78 is 40.1. The summed E-state index contributed by atoms with van der Waals surface area (Å²) in [4.78, 5) is 2.85. The van der Waals surface area contributed by atoms with E-state index in [0.717, 1.165) is 41.1 Å². The second-order valence-electron chi connectivity index (χ2n) is 9.71. The Balaban J connectivity index is 1.56. The smallest absolute Gasteiger partial charge is 0.261 e. The van der Waals surface area contributed by atoms with Crippen LogP contribution in [-0.2, 0) is 23.0 Å². The highest BCUT2D eigenvalue weighted by molar-refractivity contribution is 7.92. The number of methoxy groups -OCH3 is 2. The Kier molecular flexibility index (Phi) is 5.77. The molecule has 0 bridgehead atoms. The van der Waals surface area contributed by atoms with Crippen molar-refractivity contribution in [3.63, 3.8) is 0 Å². The van der Waals surface area contributed by atoms with Crippen LogP contribution in [0, 0.1) is 0 Å². The predicted molar refractivity (Wildman–Crippen MR) is 144 cm³/mol. The van der Waals surface area contributed by atoms with Crippen molar-refractivity contribution >= 4 is 37.3 Å². The van der Waals surface area contributed by atoms with Gasteiger partial charge in [0.05, 0.1) is 19.1 Å². The van der Waals surface area contributed by atoms with E-state index in [2.05, 4.69) is 21.8 Å². The second-order valence-corrected chi connectivity index (χ2v) is 11.4. The zero-order valence-corrected chi connectivity index (χ0v) is 21.4. The molecular formula is C29H30N2O4S. The van der Waals surface area contributed by atoms with Gasteiger partial charge in [0.1, 0.15) is 0 Å². The summed E-state index contributed by atoms with van der Waals surface area (Å²) in [5.74, 6) is 1.37. The zero-order valence-electron chi connectivity index (χ0n) is 20.6. The molecule has 0 aliphatic carbocycles. The summed E-state index contributed by atoms with van der Waals surface area (Å²) in [5.41, 5.74) is 3.24. The van der Waals surface area contributed by atoms with Gasteiger partial charge in [0.25, 0.3) is 10.0 Å². The van der Waals surface area contributed by atoms with E-state index < -0.39 is 10.0 Å². The van der Waals surface area contributed by atoms with Crippen LogP contribution in [0.5, 0.6) is 11.5 Å². The van der Waals surface area contributed by atoms with Crippen LogP contribution in [0.3, 0.4) is 0 Å². The van der Waals surface area contributed by atoms with E-state index in [9.17, 15) is 8.42 Å². The van der Waals surface area contributed by atoms with Crippen molar-refractivity contribution in [2.45, 2.75) is 43.2 Å². The third kappa shape index (κ3) is 3.87. The molecule has 4 aromatic rings. The maximum atomic E-state index is 13.0. The first-order valence-corrected chi connectivity index (χ1v) is 13.9. The summed E-state index contributed by atoms with van der Waals surface area (Å²) >= 11 is 0. The molecule has 0 aromatic heterocycles. The Labute approximate surface area is 211 Å². The van der Waals surface area contributed by atoms with Crippen molar-refractivity contribution in [2.24, 2.45) is 0 Å². The minimum Gasteiger partial charge on any atom is -0.493 e. The number of anilines is 1. The van der Waals surface area contributed by atoms with Gasteiger partial charge in [-0.15, -0.1) is 0 Å². The molecule has 6 nitrogen and oxygen atoms in total. The van der Waals surface area contributed by atoms with Gasteiger partial charge in [0.15, 0.2) is 11.5 Å². The molecule has 1 saturated heterocycles. The third-order valence-corrected chi connectivity index (χ3v) is 9.10. The van der Waals surface area contributed by atoms with Gasteiger partial charge in [-0.3, -0.25) is 9.62 Å². The summed E-state index contributed by atoms with van der Waals surface area (Å²) in [5, 5.41) is 4.37. The lowest BCUT2D eigenvalue weighted by Crippen LogP contribution is -2.43. The first-order chi connectivity index (χ1) is 17.5. The number of ether oxygens (including phenoxy) is 2. The minimum atomic E-state index is -3.69. The first-order valence-electron chi connectivity index (χ1n) is 12.4. The van der Waals surface area contributed by atoms with Gasteiger partial charge < -0.3 is 9.47 Å². The lowest BCUT2D eigenvalue weighted by atomic mass is 9.82. The van der Waals surface area contributed by atoms with Crippen molar-refractivity contribution in [1.29, 1.82) is 0 Å². The minimum absolute atomic E-state index is 0.239. The number of nitrogens with one attached hydrogen (secondary N) is 1. The SMILES string of the molecule is COc1cc2c3c(c4ccc(NS(=O)(=O)c5ccccc5)cc4c2cc1OC)CN1CCCC[C@@H]1C3. The average molecular weight is 503 g/mol. The molecule has 1 fully saturated rings. The molecule has 2 aliphatic rings. The Morgan fingerprint density at radius 3 is 2.31 bits per heavy atom. The van der Waals surface area contributed by atoms with E-state index in [1.54, 1.807) is 44.6 Å². The van der Waals surface area contributed by atoms with Gasteiger partial charge in [0, 0.05) is 18.3 Å². The molecule has 1 atom stereocenters. The molecule has 186 valence electrons. The molecule has 6 rings (SSSR count). The summed E-state index contributed by atoms with van der Waals surface area (Å²) in [6.07, 6.45) is 4.77. The molecule has 0 radical (unpaired) electrons. The van der Waals surface area contributed by atoms with Gasteiger partial charge in [-0.1, -0.05) is 30.7 Å². The number of hydrogen-bond acceptors (Lipinski definition) is 5. The van der Waals surface area contributed by atoms with Gasteiger partial charge in [0.2, 0.25) is 0 Å². The quantitative estimate of drug-likeness (QED) is 0.354. The van der Waals surface area contributed by atoms with E-state index in [-0.39, 0.29) is 4.90 Å². The highest BCUT2D eigenvalue weighted by Crippen LogP contribution is 2.44. The fourth-order valence-corrected chi connectivity index (χ4v) is 7.01. The third-order valence-electron chi connectivity index (χ3n) is 7.70. The van der Waals surface area contributed by atoms with Crippen LogP contribution in [0.25, 0.3) is 21.5 Å². The Morgan fingerprint density at radius 2 is 1.56 bits per heavy atom. The van der Waals surface area contributed by atoms with Crippen LogP contribution in [-0.4, -0.2) is 40.1 Å². The fraction of sp³-hybridized carbons (Fsp3) is 0.310. The first kappa shape index (κ1) is 23.1. The number of hydrogen-bond donors (Lipinski definition) is 1. The highest BCUT2D eigenvalue weighted by atomic mass is 32.2. The molecule has 7 heteroatoms. The average Bonchev–Trinajstić information content (AvgIpc) is 2.91. The van der Waals surface area contributed by atoms with Crippen LogP contribution in [0.15, 0.2) is 65.6 Å². The maximum absolute atomic E-state index is 13.0. The standard InChI is InChI=1S/C29H30N2O4S/c1-34-28-16-25-23-14-19(30-36(32,33)21-9-4-3-5-10-21)11-12-22(23)27-18-31-13-7-6-8-20(31)15-24(27)26(25)17-29(28)35-2/h3-5,9-12,14,16-17,20,30H,6-8,13,15,18H2,1-2H3/t20-/m1/s1. The fourth-order valence-electron chi connectivity index (χ4n) is 5.94. The number of piperidine rings is 1. The molecule has 0 spiro atoms. The number of sulfonamides is 1. The van der Waals surface area contributed by atoms with E-state index in [0.29, 0.717) is 23.2 Å². The predicted octanol–water partition coefficient (Wildman–Crippen LogP) is 5.72. The van der Waals surface area contributed by atoms with Crippen LogP contribution in [0.1, 0.15) is 30.4 Å². The molecule has 0 saturated carbocycles.